The molecule has 166 valence electrons. The first-order valence-electron chi connectivity index (χ1n) is 9.97. The zero-order chi connectivity index (χ0) is 23.0. The summed E-state index contributed by atoms with van der Waals surface area (Å²) in [6, 6.07) is 8.48. The highest BCUT2D eigenvalue weighted by molar-refractivity contribution is 6.25. The van der Waals surface area contributed by atoms with Crippen molar-refractivity contribution in [2.24, 2.45) is 10.3 Å². The number of nitrogens with one attached hydrogen (secondary N) is 1. The minimum Gasteiger partial charge on any atom is -0.493 e. The number of aryl methyl sites for hydroxylation is 2. The van der Waals surface area contributed by atoms with Gasteiger partial charge in [-0.2, -0.15) is 5.11 Å². The smallest absolute Gasteiger partial charge is 0.263 e. The Morgan fingerprint density at radius 3 is 2.34 bits per heavy atom. The SMILES string of the molecule is COc1ccc(N2C(=O)[C@H]3N=NN(CC(=O)Nc4cc(C)cc(C)c4)[C@H]3C2=O)cc1OC. The third kappa shape index (κ3) is 3.75. The zero-order valence-electron chi connectivity index (χ0n) is 18.2. The van der Waals surface area contributed by atoms with E-state index < -0.39 is 23.9 Å². The van der Waals surface area contributed by atoms with Crippen LogP contribution in [0.3, 0.4) is 0 Å². The number of hydrogen-bond donors (Lipinski definition) is 1. The van der Waals surface area contributed by atoms with Crippen molar-refractivity contribution in [1.82, 2.24) is 5.01 Å². The molecule has 0 aromatic heterocycles. The quantitative estimate of drug-likeness (QED) is 0.694. The second-order valence-corrected chi connectivity index (χ2v) is 7.67. The van der Waals surface area contributed by atoms with E-state index in [1.807, 2.05) is 32.0 Å². The molecule has 1 N–H and O–H groups in total. The molecule has 2 aromatic carbocycles. The number of methoxy groups -OCH3 is 2. The fourth-order valence-electron chi connectivity index (χ4n) is 3.97. The van der Waals surface area contributed by atoms with Crippen LogP contribution in [0, 0.1) is 13.8 Å². The fraction of sp³-hybridized carbons (Fsp3) is 0.318. The average molecular weight is 437 g/mol. The molecule has 0 spiro atoms. The van der Waals surface area contributed by atoms with E-state index in [4.69, 9.17) is 9.47 Å². The van der Waals surface area contributed by atoms with E-state index in [1.165, 1.54) is 19.2 Å². The maximum absolute atomic E-state index is 13.1. The van der Waals surface area contributed by atoms with Crippen LogP contribution in [-0.4, -0.2) is 55.6 Å². The van der Waals surface area contributed by atoms with E-state index in [0.717, 1.165) is 16.0 Å². The first-order chi connectivity index (χ1) is 15.3. The Labute approximate surface area is 184 Å². The molecule has 4 rings (SSSR count). The number of imide groups is 1. The number of nitrogens with zero attached hydrogens (tertiary/aromatic N) is 4. The maximum atomic E-state index is 13.1. The van der Waals surface area contributed by atoms with Gasteiger partial charge in [0.2, 0.25) is 5.91 Å². The molecule has 0 saturated carbocycles. The Bertz CT molecular complexity index is 1110. The number of rotatable bonds is 6. The highest BCUT2D eigenvalue weighted by atomic mass is 16.5. The number of ether oxygens (including phenoxy) is 2. The highest BCUT2D eigenvalue weighted by Gasteiger charge is 2.55. The first kappa shape index (κ1) is 21.3. The second-order valence-electron chi connectivity index (χ2n) is 7.67. The number of fused-ring (bicyclic) bond motifs is 1. The largest absolute Gasteiger partial charge is 0.493 e. The zero-order valence-corrected chi connectivity index (χ0v) is 18.2. The lowest BCUT2D eigenvalue weighted by Crippen LogP contribution is -2.43. The predicted octanol–water partition coefficient (Wildman–Crippen LogP) is 2.25. The van der Waals surface area contributed by atoms with Gasteiger partial charge in [-0.05, 0) is 49.2 Å². The van der Waals surface area contributed by atoms with Crippen LogP contribution in [-0.2, 0) is 14.4 Å². The molecule has 0 unspecified atom stereocenters. The minimum absolute atomic E-state index is 0.212. The Kier molecular flexibility index (Phi) is 5.52. The summed E-state index contributed by atoms with van der Waals surface area (Å²) in [4.78, 5) is 39.7. The average Bonchev–Trinajstić information content (AvgIpc) is 3.26. The summed E-state index contributed by atoms with van der Waals surface area (Å²) in [5.74, 6) is -0.516. The first-order valence-corrected chi connectivity index (χ1v) is 9.97. The Morgan fingerprint density at radius 1 is 1.00 bits per heavy atom. The Balaban J connectivity index is 1.51. The van der Waals surface area contributed by atoms with Gasteiger partial charge in [-0.1, -0.05) is 11.3 Å². The molecule has 2 aromatic rings. The molecule has 0 radical (unpaired) electrons. The van der Waals surface area contributed by atoms with Crippen LogP contribution in [0.15, 0.2) is 46.7 Å². The second kappa shape index (κ2) is 8.29. The summed E-state index contributed by atoms with van der Waals surface area (Å²) < 4.78 is 10.5. The standard InChI is InChI=1S/C22H23N5O5/c1-12-7-13(2)9-14(8-12)23-18(28)11-26-20-19(24-25-26)21(29)27(22(20)30)15-5-6-16(31-3)17(10-15)32-4/h5-10,19-20H,11H2,1-4H3,(H,23,28)/t19-,20+/m0/s1. The van der Waals surface area contributed by atoms with Gasteiger partial charge in [-0.3, -0.25) is 19.4 Å². The summed E-state index contributed by atoms with van der Waals surface area (Å²) in [6.45, 7) is 3.66. The maximum Gasteiger partial charge on any atom is 0.263 e. The normalized spacial score (nSPS) is 19.4. The van der Waals surface area contributed by atoms with Gasteiger partial charge in [0.05, 0.1) is 19.9 Å². The van der Waals surface area contributed by atoms with Crippen molar-refractivity contribution in [2.75, 3.05) is 31.0 Å². The van der Waals surface area contributed by atoms with Crippen LogP contribution in [0.1, 0.15) is 11.1 Å². The van der Waals surface area contributed by atoms with Gasteiger partial charge in [0, 0.05) is 11.8 Å². The summed E-state index contributed by atoms with van der Waals surface area (Å²) >= 11 is 0. The highest BCUT2D eigenvalue weighted by Crippen LogP contribution is 2.36. The van der Waals surface area contributed by atoms with Gasteiger partial charge in [-0.15, -0.1) is 0 Å². The molecular weight excluding hydrogens is 414 g/mol. The van der Waals surface area contributed by atoms with Gasteiger partial charge in [0.25, 0.3) is 11.8 Å². The topological polar surface area (TPSA) is 113 Å². The van der Waals surface area contributed by atoms with Gasteiger partial charge >= 0.3 is 0 Å². The number of benzene rings is 2. The molecule has 3 amide bonds. The van der Waals surface area contributed by atoms with Gasteiger partial charge in [-0.25, -0.2) is 4.90 Å². The minimum atomic E-state index is -0.996. The predicted molar refractivity (Wildman–Crippen MR) is 116 cm³/mol. The number of carbonyl (C=O) groups is 3. The van der Waals surface area contributed by atoms with Crippen molar-refractivity contribution in [3.63, 3.8) is 0 Å². The summed E-state index contributed by atoms with van der Waals surface area (Å²) in [5, 5.41) is 11.9. The van der Waals surface area contributed by atoms with Crippen molar-refractivity contribution in [3.05, 3.63) is 47.5 Å². The van der Waals surface area contributed by atoms with E-state index in [1.54, 1.807) is 18.2 Å². The molecule has 0 aliphatic carbocycles. The van der Waals surface area contributed by atoms with Crippen molar-refractivity contribution in [2.45, 2.75) is 25.9 Å². The molecule has 10 heteroatoms. The van der Waals surface area contributed by atoms with Crippen LogP contribution in [0.2, 0.25) is 0 Å². The lowest BCUT2D eigenvalue weighted by molar-refractivity contribution is -0.123. The van der Waals surface area contributed by atoms with E-state index in [2.05, 4.69) is 15.7 Å². The molecule has 2 atom stereocenters. The van der Waals surface area contributed by atoms with E-state index in [0.29, 0.717) is 22.9 Å². The van der Waals surface area contributed by atoms with Crippen molar-refractivity contribution >= 4 is 29.1 Å². The van der Waals surface area contributed by atoms with E-state index >= 15 is 0 Å². The molecule has 0 bridgehead atoms. The summed E-state index contributed by atoms with van der Waals surface area (Å²) in [7, 11) is 2.96. The van der Waals surface area contributed by atoms with Gasteiger partial charge in [0.1, 0.15) is 6.54 Å². The van der Waals surface area contributed by atoms with Crippen LogP contribution in [0.5, 0.6) is 11.5 Å². The molecular formula is C22H23N5O5. The van der Waals surface area contributed by atoms with E-state index in [9.17, 15) is 14.4 Å². The van der Waals surface area contributed by atoms with Crippen LogP contribution in [0.4, 0.5) is 11.4 Å². The molecule has 2 aliphatic heterocycles. The fourth-order valence-corrected chi connectivity index (χ4v) is 3.97. The summed E-state index contributed by atoms with van der Waals surface area (Å²) in [6.07, 6.45) is 0. The van der Waals surface area contributed by atoms with Crippen molar-refractivity contribution in [3.8, 4) is 11.5 Å². The molecule has 2 aliphatic rings. The Morgan fingerprint density at radius 2 is 1.69 bits per heavy atom. The molecule has 10 nitrogen and oxygen atoms in total. The van der Waals surface area contributed by atoms with E-state index in [-0.39, 0.29) is 12.5 Å². The number of hydrogen-bond acceptors (Lipinski definition) is 8. The number of carbonyl (C=O) groups excluding carboxylic acids is 3. The third-order valence-electron chi connectivity index (χ3n) is 5.29. The number of amides is 3. The van der Waals surface area contributed by atoms with Crippen LogP contribution < -0.4 is 19.7 Å². The molecule has 1 fully saturated rings. The third-order valence-corrected chi connectivity index (χ3v) is 5.29. The lowest BCUT2D eigenvalue weighted by atomic mass is 10.1. The van der Waals surface area contributed by atoms with Crippen molar-refractivity contribution in [1.29, 1.82) is 0 Å². The van der Waals surface area contributed by atoms with Crippen molar-refractivity contribution < 1.29 is 23.9 Å². The molecule has 2 heterocycles. The molecule has 1 saturated heterocycles. The monoisotopic (exact) mass is 437 g/mol. The number of anilines is 2. The van der Waals surface area contributed by atoms with Gasteiger partial charge < -0.3 is 14.8 Å². The summed E-state index contributed by atoms with van der Waals surface area (Å²) in [5.41, 5.74) is 3.02. The van der Waals surface area contributed by atoms with Crippen LogP contribution >= 0.6 is 0 Å². The lowest BCUT2D eigenvalue weighted by Gasteiger charge is -2.21. The molecule has 32 heavy (non-hydrogen) atoms. The Hall–Kier alpha value is -3.95. The van der Waals surface area contributed by atoms with Gasteiger partial charge in [0.15, 0.2) is 23.6 Å². The van der Waals surface area contributed by atoms with Crippen LogP contribution in [0.25, 0.3) is 0 Å².